The van der Waals surface area contributed by atoms with Gasteiger partial charge in [0.05, 0.1) is 0 Å². The third-order valence-electron chi connectivity index (χ3n) is 8.24. The van der Waals surface area contributed by atoms with Gasteiger partial charge in [-0.15, -0.1) is 0 Å². The first-order chi connectivity index (χ1) is 17.2. The van der Waals surface area contributed by atoms with E-state index in [4.69, 9.17) is 4.74 Å². The summed E-state index contributed by atoms with van der Waals surface area (Å²) < 4.78 is 6.69. The highest BCUT2D eigenvalue weighted by Crippen LogP contribution is 2.40. The van der Waals surface area contributed by atoms with Gasteiger partial charge in [-0.2, -0.15) is 0 Å². The number of anilines is 1. The molecule has 0 amide bonds. The van der Waals surface area contributed by atoms with Crippen LogP contribution in [0.15, 0.2) is 42.5 Å². The molecule has 36 heavy (non-hydrogen) atoms. The molecule has 0 unspecified atom stereocenters. The van der Waals surface area contributed by atoms with Crippen LogP contribution in [-0.4, -0.2) is 5.60 Å². The molecular formula is C34H53NO. The molecule has 0 bridgehead atoms. The Bertz CT molecular complexity index is 905. The average molecular weight is 492 g/mol. The molecule has 0 aromatic heterocycles. The summed E-state index contributed by atoms with van der Waals surface area (Å²) in [5, 5.41) is 3.60. The van der Waals surface area contributed by atoms with Crippen LogP contribution in [0.1, 0.15) is 116 Å². The van der Waals surface area contributed by atoms with E-state index in [9.17, 15) is 0 Å². The van der Waals surface area contributed by atoms with Crippen molar-refractivity contribution in [3.63, 3.8) is 0 Å². The van der Waals surface area contributed by atoms with E-state index in [2.05, 4.69) is 89.3 Å². The van der Waals surface area contributed by atoms with Gasteiger partial charge in [-0.05, 0) is 86.1 Å². The van der Waals surface area contributed by atoms with Crippen LogP contribution in [-0.2, 0) is 13.0 Å². The number of hydrogen-bond acceptors (Lipinski definition) is 2. The lowest BCUT2D eigenvalue weighted by molar-refractivity contribution is 0.0516. The van der Waals surface area contributed by atoms with E-state index in [1.54, 1.807) is 0 Å². The fourth-order valence-electron chi connectivity index (χ4n) is 5.76. The van der Waals surface area contributed by atoms with Crippen molar-refractivity contribution < 1.29 is 4.74 Å². The number of nitrogens with one attached hydrogen (secondary N) is 1. The monoisotopic (exact) mass is 491 g/mol. The Labute approximate surface area is 222 Å². The fourth-order valence-corrected chi connectivity index (χ4v) is 5.76. The number of fused-ring (bicyclic) bond motifs is 1. The van der Waals surface area contributed by atoms with Gasteiger partial charge < -0.3 is 10.1 Å². The summed E-state index contributed by atoms with van der Waals surface area (Å²) in [6, 6.07) is 15.2. The van der Waals surface area contributed by atoms with E-state index in [-0.39, 0.29) is 5.60 Å². The Morgan fingerprint density at radius 1 is 0.861 bits per heavy atom. The minimum absolute atomic E-state index is 0.0264. The summed E-state index contributed by atoms with van der Waals surface area (Å²) in [5.74, 6) is 3.70. The maximum Gasteiger partial charge on any atom is 0.126 e. The maximum atomic E-state index is 6.69. The number of benzene rings is 2. The van der Waals surface area contributed by atoms with Crippen LogP contribution in [0.3, 0.4) is 0 Å². The van der Waals surface area contributed by atoms with E-state index in [1.165, 1.54) is 73.7 Å². The van der Waals surface area contributed by atoms with Crippen LogP contribution >= 0.6 is 0 Å². The molecule has 0 radical (unpaired) electrons. The molecule has 0 saturated carbocycles. The second-order valence-corrected chi connectivity index (χ2v) is 12.5. The predicted molar refractivity (Wildman–Crippen MR) is 157 cm³/mol. The normalized spacial score (nSPS) is 19.0. The minimum Gasteiger partial charge on any atom is -0.487 e. The van der Waals surface area contributed by atoms with E-state index in [0.717, 1.165) is 49.3 Å². The van der Waals surface area contributed by atoms with Gasteiger partial charge in [-0.1, -0.05) is 103 Å². The van der Waals surface area contributed by atoms with Crippen molar-refractivity contribution in [1.82, 2.24) is 0 Å². The van der Waals surface area contributed by atoms with Crippen LogP contribution in [0.25, 0.3) is 0 Å². The van der Waals surface area contributed by atoms with Gasteiger partial charge in [-0.25, -0.2) is 0 Å². The topological polar surface area (TPSA) is 21.3 Å². The van der Waals surface area contributed by atoms with Crippen molar-refractivity contribution in [1.29, 1.82) is 0 Å². The molecule has 3 rings (SSSR count). The van der Waals surface area contributed by atoms with Crippen molar-refractivity contribution in [3.8, 4) is 5.75 Å². The third kappa shape index (κ3) is 9.49. The highest BCUT2D eigenvalue weighted by Gasteiger charge is 2.32. The van der Waals surface area contributed by atoms with Crippen LogP contribution in [0, 0.1) is 24.7 Å². The standard InChI is InChI=1S/C34H53NO/c1-26(2)13-10-14-27(3)15-11-16-28(4)17-12-21-34(6)22-20-31-24-32(23-29(5)33(31)36-34)35-25-30-18-8-7-9-19-30/h7-9,18-19,23-24,26-28,35H,10-17,20-22,25H2,1-6H3/t27-,28-,34-/m1/s1. The van der Waals surface area contributed by atoms with Gasteiger partial charge >= 0.3 is 0 Å². The Balaban J connectivity index is 1.39. The molecule has 1 N–H and O–H groups in total. The summed E-state index contributed by atoms with van der Waals surface area (Å²) >= 11 is 0. The second-order valence-electron chi connectivity index (χ2n) is 12.5. The molecule has 200 valence electrons. The van der Waals surface area contributed by atoms with E-state index >= 15 is 0 Å². The molecule has 0 fully saturated rings. The Morgan fingerprint density at radius 2 is 1.50 bits per heavy atom. The Hall–Kier alpha value is -1.96. The highest BCUT2D eigenvalue weighted by atomic mass is 16.5. The van der Waals surface area contributed by atoms with Gasteiger partial charge in [0.1, 0.15) is 11.4 Å². The molecule has 0 saturated heterocycles. The first-order valence-electron chi connectivity index (χ1n) is 14.8. The summed E-state index contributed by atoms with van der Waals surface area (Å²) in [5.41, 5.74) is 5.10. The number of rotatable bonds is 15. The van der Waals surface area contributed by atoms with Crippen molar-refractivity contribution in [3.05, 3.63) is 59.2 Å². The predicted octanol–water partition coefficient (Wildman–Crippen LogP) is 10.1. The summed E-state index contributed by atoms with van der Waals surface area (Å²) in [6.45, 7) is 15.0. The van der Waals surface area contributed by atoms with Gasteiger partial charge in [0.25, 0.3) is 0 Å². The van der Waals surface area contributed by atoms with Gasteiger partial charge in [-0.3, -0.25) is 0 Å². The zero-order valence-corrected chi connectivity index (χ0v) is 24.2. The molecule has 2 heteroatoms. The molecule has 1 aliphatic rings. The lowest BCUT2D eigenvalue weighted by atomic mass is 9.85. The van der Waals surface area contributed by atoms with Gasteiger partial charge in [0, 0.05) is 12.2 Å². The van der Waals surface area contributed by atoms with Crippen LogP contribution in [0.2, 0.25) is 0 Å². The third-order valence-corrected chi connectivity index (χ3v) is 8.24. The molecular weight excluding hydrogens is 438 g/mol. The van der Waals surface area contributed by atoms with E-state index < -0.39 is 0 Å². The van der Waals surface area contributed by atoms with Crippen molar-refractivity contribution >= 4 is 5.69 Å². The Kier molecular flexibility index (Phi) is 11.2. The van der Waals surface area contributed by atoms with Crippen LogP contribution in [0.5, 0.6) is 5.75 Å². The van der Waals surface area contributed by atoms with E-state index in [0.29, 0.717) is 0 Å². The molecule has 1 heterocycles. The molecule has 1 aliphatic heterocycles. The summed E-state index contributed by atoms with van der Waals surface area (Å²) in [4.78, 5) is 0. The zero-order valence-electron chi connectivity index (χ0n) is 24.2. The molecule has 2 aromatic carbocycles. The highest BCUT2D eigenvalue weighted by molar-refractivity contribution is 5.56. The Morgan fingerprint density at radius 3 is 2.17 bits per heavy atom. The van der Waals surface area contributed by atoms with E-state index in [1.807, 2.05) is 0 Å². The molecule has 0 aliphatic carbocycles. The summed E-state index contributed by atoms with van der Waals surface area (Å²) in [7, 11) is 0. The van der Waals surface area contributed by atoms with Crippen molar-refractivity contribution in [2.45, 2.75) is 124 Å². The zero-order chi connectivity index (χ0) is 26.0. The molecule has 3 atom stereocenters. The fraction of sp³-hybridized carbons (Fsp3) is 0.647. The van der Waals surface area contributed by atoms with Crippen molar-refractivity contribution in [2.24, 2.45) is 17.8 Å². The lowest BCUT2D eigenvalue weighted by Crippen LogP contribution is -2.36. The smallest absolute Gasteiger partial charge is 0.126 e. The maximum absolute atomic E-state index is 6.69. The largest absolute Gasteiger partial charge is 0.487 e. The first kappa shape index (κ1) is 28.6. The number of ether oxygens (including phenoxy) is 1. The molecule has 2 nitrogen and oxygen atoms in total. The second kappa shape index (κ2) is 14.1. The average Bonchev–Trinajstić information content (AvgIpc) is 2.84. The quantitative estimate of drug-likeness (QED) is 0.267. The van der Waals surface area contributed by atoms with Crippen LogP contribution < -0.4 is 10.1 Å². The number of hydrogen-bond donors (Lipinski definition) is 1. The lowest BCUT2D eigenvalue weighted by Gasteiger charge is -2.37. The molecule has 2 aromatic rings. The van der Waals surface area contributed by atoms with Gasteiger partial charge in [0.2, 0.25) is 0 Å². The van der Waals surface area contributed by atoms with Crippen LogP contribution in [0.4, 0.5) is 5.69 Å². The van der Waals surface area contributed by atoms with Gasteiger partial charge in [0.15, 0.2) is 0 Å². The molecule has 0 spiro atoms. The summed E-state index contributed by atoms with van der Waals surface area (Å²) in [6.07, 6.45) is 14.4. The SMILES string of the molecule is Cc1cc(NCc2ccccc2)cc2c1O[C@](C)(CCC[C@H](C)CCC[C@H](C)CCCC(C)C)CC2. The minimum atomic E-state index is -0.0264. The number of aryl methyl sites for hydroxylation is 2. The van der Waals surface area contributed by atoms with Crippen molar-refractivity contribution in [2.75, 3.05) is 5.32 Å². The first-order valence-corrected chi connectivity index (χ1v) is 14.8.